The van der Waals surface area contributed by atoms with E-state index < -0.39 is 25.1 Å². The predicted molar refractivity (Wildman–Crippen MR) is 58.5 cm³/mol. The Balaban J connectivity index is 2.85. The van der Waals surface area contributed by atoms with Crippen molar-refractivity contribution in [3.05, 3.63) is 28.8 Å². The highest BCUT2D eigenvalue weighted by molar-refractivity contribution is 6.30. The molecule has 102 valence electrons. The molecule has 0 saturated heterocycles. The molecule has 0 aliphatic carbocycles. The number of halogens is 5. The van der Waals surface area contributed by atoms with Crippen molar-refractivity contribution >= 4 is 11.6 Å². The fraction of sp³-hybridized carbons (Fsp3) is 0.455. The third-order valence-electron chi connectivity index (χ3n) is 2.16. The van der Waals surface area contributed by atoms with Gasteiger partial charge >= 0.3 is 12.3 Å². The van der Waals surface area contributed by atoms with Crippen LogP contribution in [-0.4, -0.2) is 24.1 Å². The van der Waals surface area contributed by atoms with E-state index in [1.54, 1.807) is 0 Å². The molecule has 0 amide bonds. The van der Waals surface area contributed by atoms with Gasteiger partial charge in [-0.25, -0.2) is 8.78 Å². The van der Waals surface area contributed by atoms with Crippen LogP contribution in [0.5, 0.6) is 5.75 Å². The lowest BCUT2D eigenvalue weighted by Crippen LogP contribution is -2.33. The maximum absolute atomic E-state index is 12.7. The van der Waals surface area contributed by atoms with Crippen LogP contribution in [0.15, 0.2) is 18.2 Å². The second kappa shape index (κ2) is 5.75. The van der Waals surface area contributed by atoms with E-state index in [1.807, 2.05) is 0 Å². The Bertz CT molecular complexity index is 410. The van der Waals surface area contributed by atoms with Crippen molar-refractivity contribution in [3.63, 3.8) is 0 Å². The Morgan fingerprint density at radius 2 is 2.00 bits per heavy atom. The molecule has 0 aromatic heterocycles. The van der Waals surface area contributed by atoms with Crippen molar-refractivity contribution in [3.8, 4) is 5.75 Å². The van der Waals surface area contributed by atoms with Crippen molar-refractivity contribution in [2.24, 2.45) is 0 Å². The molecule has 0 saturated carbocycles. The summed E-state index contributed by atoms with van der Waals surface area (Å²) >= 11 is 5.67. The van der Waals surface area contributed by atoms with Gasteiger partial charge in [-0.15, -0.1) is 0 Å². The van der Waals surface area contributed by atoms with Crippen LogP contribution in [0.3, 0.4) is 0 Å². The molecule has 0 spiro atoms. The number of rotatable bonds is 5. The molecule has 1 aromatic rings. The molecular weight excluding hydrogens is 276 g/mol. The fourth-order valence-corrected chi connectivity index (χ4v) is 1.39. The molecular formula is C11H11ClF4O2. The number of hydrogen-bond donors (Lipinski definition) is 1. The summed E-state index contributed by atoms with van der Waals surface area (Å²) in [5.74, 6) is -4.34. The Kier molecular flexibility index (Phi) is 4.81. The first-order valence-corrected chi connectivity index (χ1v) is 5.38. The minimum absolute atomic E-state index is 0.102. The number of aliphatic hydroxyl groups excluding tert-OH is 1. The van der Waals surface area contributed by atoms with Crippen LogP contribution in [0, 0.1) is 0 Å². The first kappa shape index (κ1) is 15.0. The summed E-state index contributed by atoms with van der Waals surface area (Å²) < 4.78 is 53.9. The number of ether oxygens (including phenoxy) is 1. The molecule has 0 radical (unpaired) electrons. The average Bonchev–Trinajstić information content (AvgIpc) is 2.27. The zero-order valence-corrected chi connectivity index (χ0v) is 10.1. The third-order valence-corrected chi connectivity index (χ3v) is 2.40. The molecule has 0 aliphatic heterocycles. The van der Waals surface area contributed by atoms with Crippen molar-refractivity contribution in [2.75, 3.05) is 6.61 Å². The van der Waals surface area contributed by atoms with Gasteiger partial charge in [0, 0.05) is 10.6 Å². The number of benzene rings is 1. The molecule has 7 heteroatoms. The van der Waals surface area contributed by atoms with Gasteiger partial charge in [0.1, 0.15) is 5.75 Å². The minimum atomic E-state index is -4.24. The van der Waals surface area contributed by atoms with Crippen molar-refractivity contribution in [1.82, 2.24) is 0 Å². The van der Waals surface area contributed by atoms with E-state index >= 15 is 0 Å². The largest absolute Gasteiger partial charge is 0.487 e. The van der Waals surface area contributed by atoms with Gasteiger partial charge in [-0.1, -0.05) is 11.6 Å². The molecule has 18 heavy (non-hydrogen) atoms. The Morgan fingerprint density at radius 3 is 2.50 bits per heavy atom. The summed E-state index contributed by atoms with van der Waals surface area (Å²) in [6, 6.07) is 3.91. The van der Waals surface area contributed by atoms with E-state index in [0.717, 1.165) is 0 Å². The average molecular weight is 287 g/mol. The topological polar surface area (TPSA) is 29.5 Å². The second-order valence-corrected chi connectivity index (χ2v) is 4.14. The molecule has 2 nitrogen and oxygen atoms in total. The standard InChI is InChI=1S/C11H11ClF4O2/c1-6(17)8-4-7(12)2-3-9(8)18-5-11(15,16)10(13)14/h2-4,6,10,17H,5H2,1H3. The maximum Gasteiger partial charge on any atom is 0.340 e. The van der Waals surface area contributed by atoms with Gasteiger partial charge < -0.3 is 9.84 Å². The molecule has 1 unspecified atom stereocenters. The molecule has 1 rings (SSSR count). The highest BCUT2D eigenvalue weighted by Crippen LogP contribution is 2.30. The van der Waals surface area contributed by atoms with Gasteiger partial charge in [0.15, 0.2) is 6.61 Å². The smallest absolute Gasteiger partial charge is 0.340 e. The van der Waals surface area contributed by atoms with Crippen LogP contribution in [0.1, 0.15) is 18.6 Å². The lowest BCUT2D eigenvalue weighted by Gasteiger charge is -2.18. The van der Waals surface area contributed by atoms with E-state index in [1.165, 1.54) is 25.1 Å². The molecule has 1 aromatic carbocycles. The monoisotopic (exact) mass is 286 g/mol. The third kappa shape index (κ3) is 3.74. The summed E-state index contributed by atoms with van der Waals surface area (Å²) in [4.78, 5) is 0. The van der Waals surface area contributed by atoms with E-state index in [0.29, 0.717) is 0 Å². The zero-order chi connectivity index (χ0) is 13.9. The highest BCUT2D eigenvalue weighted by atomic mass is 35.5. The van der Waals surface area contributed by atoms with Gasteiger partial charge in [0.05, 0.1) is 6.10 Å². The van der Waals surface area contributed by atoms with E-state index in [-0.39, 0.29) is 16.3 Å². The SMILES string of the molecule is CC(O)c1cc(Cl)ccc1OCC(F)(F)C(F)F. The first-order valence-electron chi connectivity index (χ1n) is 5.00. The summed E-state index contributed by atoms with van der Waals surface area (Å²) in [6.07, 6.45) is -4.82. The van der Waals surface area contributed by atoms with Crippen molar-refractivity contribution in [1.29, 1.82) is 0 Å². The van der Waals surface area contributed by atoms with Crippen LogP contribution in [0.25, 0.3) is 0 Å². The molecule has 0 bridgehead atoms. The normalized spacial score (nSPS) is 13.8. The number of alkyl halides is 4. The Morgan fingerprint density at radius 1 is 1.39 bits per heavy atom. The summed E-state index contributed by atoms with van der Waals surface area (Å²) in [5.41, 5.74) is 0.160. The lowest BCUT2D eigenvalue weighted by atomic mass is 10.1. The van der Waals surface area contributed by atoms with Gasteiger partial charge in [0.25, 0.3) is 0 Å². The van der Waals surface area contributed by atoms with Crippen molar-refractivity contribution < 1.29 is 27.4 Å². The van der Waals surface area contributed by atoms with Gasteiger partial charge in [0.2, 0.25) is 0 Å². The van der Waals surface area contributed by atoms with Crippen LogP contribution < -0.4 is 4.74 Å². The Labute approximate surface area is 106 Å². The molecule has 0 fully saturated rings. The van der Waals surface area contributed by atoms with Gasteiger partial charge in [-0.05, 0) is 25.1 Å². The highest BCUT2D eigenvalue weighted by Gasteiger charge is 2.41. The summed E-state index contributed by atoms with van der Waals surface area (Å²) in [5, 5.41) is 9.67. The van der Waals surface area contributed by atoms with Gasteiger partial charge in [-0.3, -0.25) is 0 Å². The van der Waals surface area contributed by atoms with Crippen LogP contribution in [-0.2, 0) is 0 Å². The Hall–Kier alpha value is -1.01. The molecule has 0 heterocycles. The molecule has 1 N–H and O–H groups in total. The molecule has 1 atom stereocenters. The van der Waals surface area contributed by atoms with Crippen LogP contribution in [0.2, 0.25) is 5.02 Å². The number of aliphatic hydroxyl groups is 1. The second-order valence-electron chi connectivity index (χ2n) is 3.71. The molecule has 0 aliphatic rings. The number of hydrogen-bond acceptors (Lipinski definition) is 2. The maximum atomic E-state index is 12.7. The summed E-state index contributed by atoms with van der Waals surface area (Å²) in [7, 11) is 0. The fourth-order valence-electron chi connectivity index (χ4n) is 1.21. The van der Waals surface area contributed by atoms with Crippen molar-refractivity contribution in [2.45, 2.75) is 25.4 Å². The van der Waals surface area contributed by atoms with E-state index in [2.05, 4.69) is 4.74 Å². The summed E-state index contributed by atoms with van der Waals surface area (Å²) in [6.45, 7) is -0.0875. The quantitative estimate of drug-likeness (QED) is 0.837. The van der Waals surface area contributed by atoms with Crippen LogP contribution >= 0.6 is 11.6 Å². The predicted octanol–water partition coefficient (Wildman–Crippen LogP) is 3.67. The lowest BCUT2D eigenvalue weighted by molar-refractivity contribution is -0.148. The first-order chi connectivity index (χ1) is 8.24. The van der Waals surface area contributed by atoms with Gasteiger partial charge in [-0.2, -0.15) is 8.78 Å². The zero-order valence-electron chi connectivity index (χ0n) is 9.34. The van der Waals surface area contributed by atoms with E-state index in [9.17, 15) is 22.7 Å². The minimum Gasteiger partial charge on any atom is -0.487 e. The van der Waals surface area contributed by atoms with Crippen LogP contribution in [0.4, 0.5) is 17.6 Å². The van der Waals surface area contributed by atoms with E-state index in [4.69, 9.17) is 11.6 Å².